The summed E-state index contributed by atoms with van der Waals surface area (Å²) < 4.78 is 40.1. The van der Waals surface area contributed by atoms with E-state index in [1.54, 1.807) is 24.3 Å². The molecule has 0 saturated heterocycles. The van der Waals surface area contributed by atoms with Crippen molar-refractivity contribution in [1.82, 2.24) is 15.2 Å². The molecule has 4 nitrogen and oxygen atoms in total. The summed E-state index contributed by atoms with van der Waals surface area (Å²) in [5.41, 5.74) is -0.447. The summed E-state index contributed by atoms with van der Waals surface area (Å²) in [6.45, 7) is 2.12. The zero-order valence-corrected chi connectivity index (χ0v) is 18.6. The Morgan fingerprint density at radius 1 is 1.23 bits per heavy atom. The van der Waals surface area contributed by atoms with Crippen molar-refractivity contribution in [2.75, 3.05) is 14.1 Å². The van der Waals surface area contributed by atoms with E-state index in [1.165, 1.54) is 0 Å². The molecule has 0 bridgehead atoms. The number of likely N-dealkylation sites (N-methyl/N-ethyl adjacent to an activating group) is 1. The molecule has 1 aromatic heterocycles. The van der Waals surface area contributed by atoms with Crippen molar-refractivity contribution in [1.29, 1.82) is 0 Å². The number of para-hydroxylation sites is 1. The lowest BCUT2D eigenvalue weighted by Gasteiger charge is -2.44. The van der Waals surface area contributed by atoms with Gasteiger partial charge in [-0.3, -0.25) is 4.79 Å². The number of amides is 1. The fourth-order valence-corrected chi connectivity index (χ4v) is 4.94. The maximum absolute atomic E-state index is 13.4. The highest BCUT2D eigenvalue weighted by Gasteiger charge is 2.43. The number of nitrogens with one attached hydrogen (secondary N) is 1. The van der Waals surface area contributed by atoms with Gasteiger partial charge in [-0.25, -0.2) is 4.98 Å². The number of carbonyl (C=O) groups is 1. The predicted octanol–water partition coefficient (Wildman–Crippen LogP) is 5.35. The number of hydrogen-bond acceptors (Lipinski definition) is 3. The molecule has 1 aromatic carbocycles. The van der Waals surface area contributed by atoms with Crippen molar-refractivity contribution in [2.45, 2.75) is 76.0 Å². The van der Waals surface area contributed by atoms with Crippen LogP contribution in [0.15, 0.2) is 30.3 Å². The van der Waals surface area contributed by atoms with Crippen LogP contribution in [0.3, 0.4) is 0 Å². The second-order valence-corrected chi connectivity index (χ2v) is 8.83. The monoisotopic (exact) mass is 435 g/mol. The summed E-state index contributed by atoms with van der Waals surface area (Å²) in [5, 5.41) is 3.79. The minimum absolute atomic E-state index is 0.0207. The number of carbonyl (C=O) groups excluding carboxylic acids is 1. The standard InChI is InChI=1S/C24H32F3N3O/c1-4-5-12-20(23(30(2)3)13-8-9-14-23)29-22(31)16-17-15-21(24(25,26)27)28-19-11-7-6-10-18(17)19/h6-7,10-11,15,20H,4-5,8-9,12-14,16H2,1-3H3,(H,29,31). The van der Waals surface area contributed by atoms with E-state index in [9.17, 15) is 18.0 Å². The van der Waals surface area contributed by atoms with Crippen LogP contribution in [0.5, 0.6) is 0 Å². The quantitative estimate of drug-likeness (QED) is 0.608. The van der Waals surface area contributed by atoms with E-state index in [-0.39, 0.29) is 29.4 Å². The molecule has 1 N–H and O–H groups in total. The second kappa shape index (κ2) is 9.55. The lowest BCUT2D eigenvalue weighted by atomic mass is 9.83. The van der Waals surface area contributed by atoms with Crippen LogP contribution in [0.4, 0.5) is 13.2 Å². The first-order chi connectivity index (χ1) is 14.7. The zero-order valence-electron chi connectivity index (χ0n) is 18.6. The first kappa shape index (κ1) is 23.5. The van der Waals surface area contributed by atoms with Crippen LogP contribution in [-0.4, -0.2) is 41.5 Å². The Morgan fingerprint density at radius 2 is 1.90 bits per heavy atom. The predicted molar refractivity (Wildman–Crippen MR) is 117 cm³/mol. The Labute approximate surface area is 182 Å². The van der Waals surface area contributed by atoms with Crippen LogP contribution in [0.1, 0.15) is 63.1 Å². The third kappa shape index (κ3) is 5.20. The molecular weight excluding hydrogens is 403 g/mol. The topological polar surface area (TPSA) is 45.2 Å². The largest absolute Gasteiger partial charge is 0.433 e. The maximum atomic E-state index is 13.4. The van der Waals surface area contributed by atoms with Crippen molar-refractivity contribution < 1.29 is 18.0 Å². The third-order valence-electron chi connectivity index (χ3n) is 6.63. The molecule has 7 heteroatoms. The van der Waals surface area contributed by atoms with Crippen LogP contribution in [-0.2, 0) is 17.4 Å². The highest BCUT2D eigenvalue weighted by Crippen LogP contribution is 2.38. The molecule has 0 aliphatic heterocycles. The lowest BCUT2D eigenvalue weighted by molar-refractivity contribution is -0.141. The smallest absolute Gasteiger partial charge is 0.351 e. The number of fused-ring (bicyclic) bond motifs is 1. The molecule has 1 saturated carbocycles. The van der Waals surface area contributed by atoms with Crippen molar-refractivity contribution in [3.8, 4) is 0 Å². The molecule has 0 radical (unpaired) electrons. The molecule has 1 amide bonds. The summed E-state index contributed by atoms with van der Waals surface area (Å²) >= 11 is 0. The lowest BCUT2D eigenvalue weighted by Crippen LogP contribution is -2.58. The van der Waals surface area contributed by atoms with E-state index in [0.29, 0.717) is 10.9 Å². The Kier molecular flexibility index (Phi) is 7.24. The molecule has 1 heterocycles. The number of halogens is 3. The second-order valence-electron chi connectivity index (χ2n) is 8.83. The number of unbranched alkanes of at least 4 members (excludes halogenated alkanes) is 1. The van der Waals surface area contributed by atoms with Gasteiger partial charge in [0.15, 0.2) is 0 Å². The van der Waals surface area contributed by atoms with E-state index in [4.69, 9.17) is 0 Å². The summed E-state index contributed by atoms with van der Waals surface area (Å²) in [6.07, 6.45) is 2.52. The van der Waals surface area contributed by atoms with Crippen molar-refractivity contribution in [3.05, 3.63) is 41.6 Å². The maximum Gasteiger partial charge on any atom is 0.433 e. The van der Waals surface area contributed by atoms with Gasteiger partial charge in [0.05, 0.1) is 11.9 Å². The van der Waals surface area contributed by atoms with E-state index in [2.05, 4.69) is 36.2 Å². The Hall–Kier alpha value is -2.15. The fourth-order valence-electron chi connectivity index (χ4n) is 4.94. The summed E-state index contributed by atoms with van der Waals surface area (Å²) in [6, 6.07) is 7.67. The van der Waals surface area contributed by atoms with Crippen LogP contribution < -0.4 is 5.32 Å². The molecule has 31 heavy (non-hydrogen) atoms. The van der Waals surface area contributed by atoms with Crippen molar-refractivity contribution in [2.24, 2.45) is 0 Å². The summed E-state index contributed by atoms with van der Waals surface area (Å²) in [4.78, 5) is 19.1. The van der Waals surface area contributed by atoms with Crippen LogP contribution in [0, 0.1) is 0 Å². The normalized spacial score (nSPS) is 17.3. The van der Waals surface area contributed by atoms with Crippen LogP contribution >= 0.6 is 0 Å². The van der Waals surface area contributed by atoms with E-state index >= 15 is 0 Å². The molecule has 170 valence electrons. The Bertz CT molecular complexity index is 905. The number of nitrogens with zero attached hydrogens (tertiary/aromatic N) is 2. The number of pyridine rings is 1. The Morgan fingerprint density at radius 3 is 2.52 bits per heavy atom. The summed E-state index contributed by atoms with van der Waals surface area (Å²) in [5.74, 6) is -0.237. The molecule has 1 fully saturated rings. The minimum Gasteiger partial charge on any atom is -0.351 e. The molecule has 1 unspecified atom stereocenters. The molecule has 0 spiro atoms. The van der Waals surface area contributed by atoms with Gasteiger partial charge in [0.2, 0.25) is 5.91 Å². The van der Waals surface area contributed by atoms with Crippen LogP contribution in [0.2, 0.25) is 0 Å². The van der Waals surface area contributed by atoms with Gasteiger partial charge in [0.25, 0.3) is 0 Å². The van der Waals surface area contributed by atoms with Gasteiger partial charge in [0, 0.05) is 17.0 Å². The van der Waals surface area contributed by atoms with Gasteiger partial charge < -0.3 is 10.2 Å². The number of benzene rings is 1. The molecule has 1 aliphatic carbocycles. The van der Waals surface area contributed by atoms with Gasteiger partial charge in [-0.15, -0.1) is 0 Å². The van der Waals surface area contributed by atoms with Crippen molar-refractivity contribution in [3.63, 3.8) is 0 Å². The molecule has 1 atom stereocenters. The highest BCUT2D eigenvalue weighted by molar-refractivity contribution is 5.88. The van der Waals surface area contributed by atoms with E-state index in [1.807, 2.05) is 0 Å². The van der Waals surface area contributed by atoms with Gasteiger partial charge >= 0.3 is 6.18 Å². The van der Waals surface area contributed by atoms with E-state index in [0.717, 1.165) is 51.0 Å². The van der Waals surface area contributed by atoms with Gasteiger partial charge in [-0.1, -0.05) is 50.8 Å². The fraction of sp³-hybridized carbons (Fsp3) is 0.583. The SMILES string of the molecule is CCCCC(NC(=O)Cc1cc(C(F)(F)F)nc2ccccc12)C1(N(C)C)CCCC1. The summed E-state index contributed by atoms with van der Waals surface area (Å²) in [7, 11) is 4.12. The third-order valence-corrected chi connectivity index (χ3v) is 6.63. The van der Waals surface area contributed by atoms with Gasteiger partial charge in [-0.05, 0) is 51.1 Å². The Balaban J connectivity index is 1.88. The first-order valence-electron chi connectivity index (χ1n) is 11.1. The average molecular weight is 436 g/mol. The minimum atomic E-state index is -4.56. The highest BCUT2D eigenvalue weighted by atomic mass is 19.4. The number of rotatable bonds is 8. The number of hydrogen-bond donors (Lipinski definition) is 1. The van der Waals surface area contributed by atoms with Gasteiger partial charge in [0.1, 0.15) is 5.69 Å². The van der Waals surface area contributed by atoms with Crippen LogP contribution in [0.25, 0.3) is 10.9 Å². The number of aromatic nitrogens is 1. The molecule has 2 aromatic rings. The average Bonchev–Trinajstić information content (AvgIpc) is 3.21. The first-order valence-corrected chi connectivity index (χ1v) is 11.1. The van der Waals surface area contributed by atoms with E-state index < -0.39 is 11.9 Å². The molecule has 3 rings (SSSR count). The molecule has 1 aliphatic rings. The van der Waals surface area contributed by atoms with Crippen molar-refractivity contribution >= 4 is 16.8 Å². The number of alkyl halides is 3. The van der Waals surface area contributed by atoms with Gasteiger partial charge in [-0.2, -0.15) is 13.2 Å². The molecular formula is C24H32F3N3O. The zero-order chi connectivity index (χ0) is 22.6.